The molecule has 1 nitrogen and oxygen atoms in total. The van der Waals surface area contributed by atoms with E-state index in [-0.39, 0.29) is 0 Å². The van der Waals surface area contributed by atoms with E-state index in [0.717, 1.165) is 18.4 Å². The van der Waals surface area contributed by atoms with E-state index in [1.165, 1.54) is 11.3 Å². The molecule has 0 unspecified atom stereocenters. The molecule has 0 heterocycles. The Labute approximate surface area is 82.2 Å². The molecule has 0 aliphatic heterocycles. The minimum atomic E-state index is 1.03. The zero-order valence-electron chi connectivity index (χ0n) is 9.28. The number of hydrogen-bond acceptors (Lipinski definition) is 1. The fraction of sp³-hybridized carbons (Fsp3) is 0.500. The SMILES string of the molecule is C=C(/C=C\C)/C(CC)=C(/CC)NC. The van der Waals surface area contributed by atoms with Crippen LogP contribution in [0.15, 0.2) is 35.6 Å². The van der Waals surface area contributed by atoms with Crippen molar-refractivity contribution in [3.05, 3.63) is 35.6 Å². The minimum Gasteiger partial charge on any atom is -0.391 e. The summed E-state index contributed by atoms with van der Waals surface area (Å²) in [4.78, 5) is 0. The molecule has 1 N–H and O–H groups in total. The average Bonchev–Trinajstić information content (AvgIpc) is 2.14. The van der Waals surface area contributed by atoms with E-state index < -0.39 is 0 Å². The zero-order chi connectivity index (χ0) is 10.3. The maximum atomic E-state index is 4.05. The fourth-order valence-corrected chi connectivity index (χ4v) is 1.48. The van der Waals surface area contributed by atoms with Gasteiger partial charge in [-0.25, -0.2) is 0 Å². The highest BCUT2D eigenvalue weighted by Gasteiger charge is 2.02. The third kappa shape index (κ3) is 3.49. The molecule has 0 saturated heterocycles. The topological polar surface area (TPSA) is 12.0 Å². The molecular weight excluding hydrogens is 158 g/mol. The molecular formula is C12H21N. The van der Waals surface area contributed by atoms with Gasteiger partial charge in [0.1, 0.15) is 0 Å². The maximum absolute atomic E-state index is 4.05. The van der Waals surface area contributed by atoms with Gasteiger partial charge in [0.05, 0.1) is 0 Å². The summed E-state index contributed by atoms with van der Waals surface area (Å²) in [6, 6.07) is 0. The smallest absolute Gasteiger partial charge is 0.0139 e. The number of rotatable bonds is 5. The van der Waals surface area contributed by atoms with Crippen molar-refractivity contribution in [2.75, 3.05) is 7.05 Å². The lowest BCUT2D eigenvalue weighted by Gasteiger charge is -2.12. The molecule has 0 atom stereocenters. The van der Waals surface area contributed by atoms with Crippen LogP contribution < -0.4 is 5.32 Å². The van der Waals surface area contributed by atoms with Gasteiger partial charge >= 0.3 is 0 Å². The molecule has 0 aliphatic rings. The van der Waals surface area contributed by atoms with Crippen molar-refractivity contribution in [2.24, 2.45) is 0 Å². The first-order valence-corrected chi connectivity index (χ1v) is 4.92. The molecule has 0 fully saturated rings. The molecule has 0 spiro atoms. The summed E-state index contributed by atoms with van der Waals surface area (Å²) in [6.45, 7) is 10.4. The molecule has 0 radical (unpaired) electrons. The molecule has 0 amide bonds. The summed E-state index contributed by atoms with van der Waals surface area (Å²) in [7, 11) is 1.97. The van der Waals surface area contributed by atoms with Crippen LogP contribution in [0.3, 0.4) is 0 Å². The summed E-state index contributed by atoms with van der Waals surface area (Å²) in [5, 5.41) is 3.23. The summed E-state index contributed by atoms with van der Waals surface area (Å²) >= 11 is 0. The molecule has 74 valence electrons. The van der Waals surface area contributed by atoms with Gasteiger partial charge in [-0.05, 0) is 30.9 Å². The highest BCUT2D eigenvalue weighted by molar-refractivity contribution is 5.39. The van der Waals surface area contributed by atoms with Crippen LogP contribution in [-0.4, -0.2) is 7.05 Å². The molecule has 0 rings (SSSR count). The molecule has 0 aromatic carbocycles. The van der Waals surface area contributed by atoms with Gasteiger partial charge in [-0.2, -0.15) is 0 Å². The largest absolute Gasteiger partial charge is 0.391 e. The average molecular weight is 179 g/mol. The fourth-order valence-electron chi connectivity index (χ4n) is 1.48. The number of nitrogens with one attached hydrogen (secondary N) is 1. The second-order valence-corrected chi connectivity index (χ2v) is 2.94. The van der Waals surface area contributed by atoms with Crippen LogP contribution in [0.4, 0.5) is 0 Å². The Morgan fingerprint density at radius 2 is 1.92 bits per heavy atom. The molecule has 0 aromatic rings. The van der Waals surface area contributed by atoms with Gasteiger partial charge in [0, 0.05) is 12.7 Å². The Morgan fingerprint density at radius 3 is 2.23 bits per heavy atom. The molecule has 0 aliphatic carbocycles. The van der Waals surface area contributed by atoms with Crippen molar-refractivity contribution in [3.63, 3.8) is 0 Å². The molecule has 0 aromatic heterocycles. The molecule has 0 saturated carbocycles. The van der Waals surface area contributed by atoms with Crippen molar-refractivity contribution in [1.82, 2.24) is 5.32 Å². The van der Waals surface area contributed by atoms with Gasteiger partial charge in [0.2, 0.25) is 0 Å². The second kappa shape index (κ2) is 6.53. The predicted octanol–water partition coefficient (Wildman–Crippen LogP) is 3.41. The predicted molar refractivity (Wildman–Crippen MR) is 60.6 cm³/mol. The van der Waals surface area contributed by atoms with Crippen molar-refractivity contribution >= 4 is 0 Å². The molecule has 13 heavy (non-hydrogen) atoms. The summed E-state index contributed by atoms with van der Waals surface area (Å²) in [5.41, 5.74) is 3.75. The van der Waals surface area contributed by atoms with Crippen molar-refractivity contribution in [3.8, 4) is 0 Å². The molecule has 1 heteroatoms. The Kier molecular flexibility index (Phi) is 6.03. The number of hydrogen-bond donors (Lipinski definition) is 1. The minimum absolute atomic E-state index is 1.03. The first kappa shape index (κ1) is 12.0. The summed E-state index contributed by atoms with van der Waals surface area (Å²) in [5.74, 6) is 0. The van der Waals surface area contributed by atoms with E-state index in [9.17, 15) is 0 Å². The van der Waals surface area contributed by atoms with Gasteiger partial charge in [-0.15, -0.1) is 0 Å². The first-order chi connectivity index (χ1) is 6.21. The Hall–Kier alpha value is -0.980. The quantitative estimate of drug-likeness (QED) is 0.638. The second-order valence-electron chi connectivity index (χ2n) is 2.94. The Bertz CT molecular complexity index is 215. The van der Waals surface area contributed by atoms with Gasteiger partial charge in [-0.1, -0.05) is 32.6 Å². The summed E-state index contributed by atoms with van der Waals surface area (Å²) < 4.78 is 0. The van der Waals surface area contributed by atoms with Gasteiger partial charge < -0.3 is 5.32 Å². The third-order valence-electron chi connectivity index (χ3n) is 2.13. The lowest BCUT2D eigenvalue weighted by molar-refractivity contribution is 0.860. The van der Waals surface area contributed by atoms with Crippen molar-refractivity contribution < 1.29 is 0 Å². The highest BCUT2D eigenvalue weighted by atomic mass is 14.8. The van der Waals surface area contributed by atoms with Gasteiger partial charge in [0.15, 0.2) is 0 Å². The normalized spacial score (nSPS) is 12.9. The van der Waals surface area contributed by atoms with Gasteiger partial charge in [0.25, 0.3) is 0 Å². The van der Waals surface area contributed by atoms with Crippen LogP contribution in [-0.2, 0) is 0 Å². The zero-order valence-corrected chi connectivity index (χ0v) is 9.28. The third-order valence-corrected chi connectivity index (χ3v) is 2.13. The van der Waals surface area contributed by atoms with Crippen LogP contribution in [0.2, 0.25) is 0 Å². The van der Waals surface area contributed by atoms with E-state index in [4.69, 9.17) is 0 Å². The van der Waals surface area contributed by atoms with E-state index in [1.54, 1.807) is 0 Å². The van der Waals surface area contributed by atoms with E-state index in [0.29, 0.717) is 0 Å². The van der Waals surface area contributed by atoms with Gasteiger partial charge in [-0.3, -0.25) is 0 Å². The first-order valence-electron chi connectivity index (χ1n) is 4.92. The van der Waals surface area contributed by atoms with Crippen LogP contribution in [0.1, 0.15) is 33.6 Å². The van der Waals surface area contributed by atoms with E-state index in [1.807, 2.05) is 20.0 Å². The molecule has 0 bridgehead atoms. The Balaban J connectivity index is 4.84. The van der Waals surface area contributed by atoms with Crippen LogP contribution in [0.5, 0.6) is 0 Å². The maximum Gasteiger partial charge on any atom is 0.0139 e. The monoisotopic (exact) mass is 179 g/mol. The number of allylic oxidation sites excluding steroid dienone is 5. The Morgan fingerprint density at radius 1 is 1.31 bits per heavy atom. The standard InChI is InChI=1S/C12H21N/c1-6-9-10(4)11(7-2)12(8-3)13-5/h6,9,13H,4,7-8H2,1-3,5H3/b9-6-,12-11-. The van der Waals surface area contributed by atoms with Crippen molar-refractivity contribution in [1.29, 1.82) is 0 Å². The van der Waals surface area contributed by atoms with Crippen LogP contribution >= 0.6 is 0 Å². The van der Waals surface area contributed by atoms with Crippen molar-refractivity contribution in [2.45, 2.75) is 33.6 Å². The lowest BCUT2D eigenvalue weighted by Crippen LogP contribution is -2.08. The van der Waals surface area contributed by atoms with E-state index in [2.05, 4.69) is 31.8 Å². The van der Waals surface area contributed by atoms with E-state index >= 15 is 0 Å². The highest BCUT2D eigenvalue weighted by Crippen LogP contribution is 2.18. The van der Waals surface area contributed by atoms with Crippen LogP contribution in [0.25, 0.3) is 0 Å². The lowest BCUT2D eigenvalue weighted by atomic mass is 10.0. The van der Waals surface area contributed by atoms with Crippen LogP contribution in [0, 0.1) is 0 Å². The summed E-state index contributed by atoms with van der Waals surface area (Å²) in [6.07, 6.45) is 6.16.